The summed E-state index contributed by atoms with van der Waals surface area (Å²) in [5.74, 6) is 0.456. The van der Waals surface area contributed by atoms with Gasteiger partial charge >= 0.3 is 0 Å². The van der Waals surface area contributed by atoms with Crippen LogP contribution < -0.4 is 10.6 Å². The maximum Gasteiger partial charge on any atom is 0.224 e. The zero-order valence-corrected chi connectivity index (χ0v) is 13.5. The van der Waals surface area contributed by atoms with Crippen molar-refractivity contribution in [1.82, 2.24) is 15.5 Å². The second-order valence-electron chi connectivity index (χ2n) is 5.60. The molecule has 3 unspecified atom stereocenters. The quantitative estimate of drug-likeness (QED) is 0.811. The van der Waals surface area contributed by atoms with E-state index in [1.807, 2.05) is 0 Å². The molecule has 0 aromatic carbocycles. The summed E-state index contributed by atoms with van der Waals surface area (Å²) in [6.07, 6.45) is 4.35. The molecule has 0 aromatic heterocycles. The number of amides is 1. The lowest BCUT2D eigenvalue weighted by Crippen LogP contribution is -2.50. The minimum absolute atomic E-state index is 0. The van der Waals surface area contributed by atoms with Gasteiger partial charge in [-0.15, -0.1) is 24.8 Å². The van der Waals surface area contributed by atoms with E-state index in [9.17, 15) is 4.79 Å². The molecule has 2 rings (SSSR count). The standard InChI is InChI=1S/C13H25N3O.2ClH/c1-10-8-12(5-7-16(10)2)15-13(17)11-4-3-6-14-9-11;;/h10-12,14H,3-9H2,1-2H3,(H,15,17);2*1H. The number of hydrogen-bond donors (Lipinski definition) is 2. The zero-order valence-electron chi connectivity index (χ0n) is 11.9. The maximum atomic E-state index is 12.1. The van der Waals surface area contributed by atoms with Crippen molar-refractivity contribution in [1.29, 1.82) is 0 Å². The summed E-state index contributed by atoms with van der Waals surface area (Å²) >= 11 is 0. The first-order chi connectivity index (χ1) is 8.16. The Labute approximate surface area is 128 Å². The first-order valence-electron chi connectivity index (χ1n) is 6.88. The zero-order chi connectivity index (χ0) is 12.3. The number of piperidine rings is 2. The Kier molecular flexibility index (Phi) is 8.99. The molecule has 2 heterocycles. The largest absolute Gasteiger partial charge is 0.353 e. The van der Waals surface area contributed by atoms with Crippen LogP contribution in [0.15, 0.2) is 0 Å². The molecule has 0 saturated carbocycles. The highest BCUT2D eigenvalue weighted by Gasteiger charge is 2.27. The van der Waals surface area contributed by atoms with Crippen molar-refractivity contribution >= 4 is 30.7 Å². The summed E-state index contributed by atoms with van der Waals surface area (Å²) in [5.41, 5.74) is 0. The maximum absolute atomic E-state index is 12.1. The average Bonchev–Trinajstić information content (AvgIpc) is 2.35. The topological polar surface area (TPSA) is 44.4 Å². The molecule has 2 saturated heterocycles. The van der Waals surface area contributed by atoms with Crippen LogP contribution in [0.1, 0.15) is 32.6 Å². The number of likely N-dealkylation sites (tertiary alicyclic amines) is 1. The van der Waals surface area contributed by atoms with E-state index in [-0.39, 0.29) is 36.6 Å². The molecule has 0 radical (unpaired) electrons. The van der Waals surface area contributed by atoms with Crippen LogP contribution in [0.4, 0.5) is 0 Å². The molecular formula is C13H27Cl2N3O. The van der Waals surface area contributed by atoms with Crippen LogP contribution >= 0.6 is 24.8 Å². The fraction of sp³-hybridized carbons (Fsp3) is 0.923. The SMILES string of the molecule is CC1CC(NC(=O)C2CCCNC2)CCN1C.Cl.Cl. The van der Waals surface area contributed by atoms with E-state index in [4.69, 9.17) is 0 Å². The lowest BCUT2D eigenvalue weighted by Gasteiger charge is -2.36. The lowest BCUT2D eigenvalue weighted by molar-refractivity contribution is -0.126. The molecule has 3 atom stereocenters. The highest BCUT2D eigenvalue weighted by atomic mass is 35.5. The van der Waals surface area contributed by atoms with Crippen molar-refractivity contribution < 1.29 is 4.79 Å². The van der Waals surface area contributed by atoms with Crippen LogP contribution in [-0.4, -0.2) is 49.6 Å². The molecule has 2 aliphatic rings. The van der Waals surface area contributed by atoms with Gasteiger partial charge in [-0.05, 0) is 46.2 Å². The third-order valence-corrected chi connectivity index (χ3v) is 4.22. The second-order valence-corrected chi connectivity index (χ2v) is 5.60. The van der Waals surface area contributed by atoms with Crippen molar-refractivity contribution in [3.63, 3.8) is 0 Å². The number of nitrogens with zero attached hydrogens (tertiary/aromatic N) is 1. The Hall–Kier alpha value is -0.0300. The Bertz CT molecular complexity index is 273. The van der Waals surface area contributed by atoms with Crippen LogP contribution in [0, 0.1) is 5.92 Å². The van der Waals surface area contributed by atoms with Gasteiger partial charge in [0, 0.05) is 25.2 Å². The van der Waals surface area contributed by atoms with Gasteiger partial charge in [0.2, 0.25) is 5.91 Å². The minimum Gasteiger partial charge on any atom is -0.353 e. The highest BCUT2D eigenvalue weighted by molar-refractivity contribution is 5.85. The fourth-order valence-electron chi connectivity index (χ4n) is 2.82. The minimum atomic E-state index is 0. The van der Waals surface area contributed by atoms with Crippen molar-refractivity contribution in [3.05, 3.63) is 0 Å². The highest BCUT2D eigenvalue weighted by Crippen LogP contribution is 2.17. The van der Waals surface area contributed by atoms with Crippen LogP contribution in [0.3, 0.4) is 0 Å². The van der Waals surface area contributed by atoms with Gasteiger partial charge in [0.15, 0.2) is 0 Å². The molecule has 2 aliphatic heterocycles. The molecule has 0 aromatic rings. The Morgan fingerprint density at radius 3 is 2.63 bits per heavy atom. The number of carbonyl (C=O) groups excluding carboxylic acids is 1. The molecule has 114 valence electrons. The van der Waals surface area contributed by atoms with E-state index in [1.165, 1.54) is 0 Å². The van der Waals surface area contributed by atoms with Crippen LogP contribution in [0.2, 0.25) is 0 Å². The summed E-state index contributed by atoms with van der Waals surface area (Å²) < 4.78 is 0. The smallest absolute Gasteiger partial charge is 0.224 e. The molecule has 4 nitrogen and oxygen atoms in total. The van der Waals surface area contributed by atoms with Crippen molar-refractivity contribution in [3.8, 4) is 0 Å². The summed E-state index contributed by atoms with van der Waals surface area (Å²) in [7, 11) is 2.16. The van der Waals surface area contributed by atoms with Crippen LogP contribution in [0.5, 0.6) is 0 Å². The third kappa shape index (κ3) is 5.46. The van der Waals surface area contributed by atoms with E-state index < -0.39 is 0 Å². The number of halogens is 2. The van der Waals surface area contributed by atoms with Gasteiger partial charge in [0.1, 0.15) is 0 Å². The molecule has 0 spiro atoms. The number of carbonyl (C=O) groups is 1. The van der Waals surface area contributed by atoms with E-state index in [0.29, 0.717) is 12.1 Å². The number of hydrogen-bond acceptors (Lipinski definition) is 3. The van der Waals surface area contributed by atoms with Crippen LogP contribution in [-0.2, 0) is 4.79 Å². The van der Waals surface area contributed by atoms with Gasteiger partial charge < -0.3 is 15.5 Å². The predicted molar refractivity (Wildman–Crippen MR) is 83.3 cm³/mol. The summed E-state index contributed by atoms with van der Waals surface area (Å²) in [6, 6.07) is 0.967. The molecule has 2 fully saturated rings. The predicted octanol–water partition coefficient (Wildman–Crippen LogP) is 1.43. The van der Waals surface area contributed by atoms with E-state index in [1.54, 1.807) is 0 Å². The fourth-order valence-corrected chi connectivity index (χ4v) is 2.82. The first-order valence-corrected chi connectivity index (χ1v) is 6.88. The average molecular weight is 312 g/mol. The van der Waals surface area contributed by atoms with E-state index in [2.05, 4.69) is 29.5 Å². The second kappa shape index (κ2) is 9.01. The van der Waals surface area contributed by atoms with Crippen LogP contribution in [0.25, 0.3) is 0 Å². The van der Waals surface area contributed by atoms with E-state index >= 15 is 0 Å². The van der Waals surface area contributed by atoms with Gasteiger partial charge in [-0.2, -0.15) is 0 Å². The van der Waals surface area contributed by atoms with E-state index in [0.717, 1.165) is 45.3 Å². The van der Waals surface area contributed by atoms with Gasteiger partial charge in [0.05, 0.1) is 5.92 Å². The molecule has 6 heteroatoms. The van der Waals surface area contributed by atoms with Crippen molar-refractivity contribution in [2.45, 2.75) is 44.7 Å². The summed E-state index contributed by atoms with van der Waals surface area (Å²) in [6.45, 7) is 5.25. The summed E-state index contributed by atoms with van der Waals surface area (Å²) in [4.78, 5) is 14.5. The molecule has 1 amide bonds. The molecule has 0 bridgehead atoms. The van der Waals surface area contributed by atoms with Gasteiger partial charge in [-0.1, -0.05) is 0 Å². The third-order valence-electron chi connectivity index (χ3n) is 4.22. The van der Waals surface area contributed by atoms with Gasteiger partial charge in [0.25, 0.3) is 0 Å². The first kappa shape index (κ1) is 19.0. The van der Waals surface area contributed by atoms with Crippen molar-refractivity contribution in [2.75, 3.05) is 26.7 Å². The Morgan fingerprint density at radius 1 is 1.32 bits per heavy atom. The Morgan fingerprint density at radius 2 is 2.05 bits per heavy atom. The number of rotatable bonds is 2. The Balaban J connectivity index is 0.00000162. The molecular weight excluding hydrogens is 285 g/mol. The normalized spacial score (nSPS) is 31.8. The lowest BCUT2D eigenvalue weighted by atomic mass is 9.95. The van der Waals surface area contributed by atoms with Gasteiger partial charge in [-0.25, -0.2) is 0 Å². The molecule has 19 heavy (non-hydrogen) atoms. The number of nitrogens with one attached hydrogen (secondary N) is 2. The van der Waals surface area contributed by atoms with Crippen molar-refractivity contribution in [2.24, 2.45) is 5.92 Å². The van der Waals surface area contributed by atoms with Gasteiger partial charge in [-0.3, -0.25) is 4.79 Å². The molecule has 0 aliphatic carbocycles. The summed E-state index contributed by atoms with van der Waals surface area (Å²) in [5, 5.41) is 6.53. The molecule has 2 N–H and O–H groups in total. The monoisotopic (exact) mass is 311 g/mol.